The van der Waals surface area contributed by atoms with Crippen molar-refractivity contribution in [2.45, 2.75) is 13.3 Å². The molecule has 0 saturated heterocycles. The molecule has 1 N–H and O–H groups in total. The molecule has 92 valence electrons. The summed E-state index contributed by atoms with van der Waals surface area (Å²) in [6, 6.07) is 9.12. The van der Waals surface area contributed by atoms with Gasteiger partial charge in [-0.05, 0) is 36.2 Å². The predicted octanol–water partition coefficient (Wildman–Crippen LogP) is 3.22. The molecule has 2 aromatic rings. The van der Waals surface area contributed by atoms with Gasteiger partial charge in [0, 0.05) is 11.2 Å². The molecule has 18 heavy (non-hydrogen) atoms. The average molecular weight is 261 g/mol. The van der Waals surface area contributed by atoms with E-state index in [1.807, 2.05) is 25.1 Å². The molecule has 0 radical (unpaired) electrons. The zero-order valence-corrected chi connectivity index (χ0v) is 10.7. The molecule has 0 atom stereocenters. The van der Waals surface area contributed by atoms with Gasteiger partial charge in [-0.1, -0.05) is 23.7 Å². The van der Waals surface area contributed by atoms with Crippen molar-refractivity contribution in [1.29, 1.82) is 0 Å². The number of aryl methyl sites for hydroxylation is 1. The van der Waals surface area contributed by atoms with Crippen molar-refractivity contribution in [1.82, 2.24) is 4.98 Å². The van der Waals surface area contributed by atoms with Crippen LogP contribution in [0, 0.1) is 6.92 Å². The fourth-order valence-electron chi connectivity index (χ4n) is 1.62. The minimum atomic E-state index is -0.0651. The van der Waals surface area contributed by atoms with Gasteiger partial charge in [0.05, 0.1) is 18.3 Å². The molecule has 0 bridgehead atoms. The summed E-state index contributed by atoms with van der Waals surface area (Å²) in [7, 11) is 0. The molecule has 2 rings (SSSR count). The summed E-state index contributed by atoms with van der Waals surface area (Å²) in [5, 5.41) is 3.48. The number of hydrogen-bond donors (Lipinski definition) is 1. The number of hydrogen-bond acceptors (Lipinski definition) is 2. The van der Waals surface area contributed by atoms with Gasteiger partial charge in [0.15, 0.2) is 0 Å². The number of rotatable bonds is 3. The van der Waals surface area contributed by atoms with E-state index in [9.17, 15) is 4.79 Å². The molecule has 0 unspecified atom stereocenters. The molecule has 1 aromatic heterocycles. The van der Waals surface area contributed by atoms with Gasteiger partial charge in [0.25, 0.3) is 0 Å². The van der Waals surface area contributed by atoms with Gasteiger partial charge in [-0.15, -0.1) is 0 Å². The first-order valence-electron chi connectivity index (χ1n) is 5.59. The van der Waals surface area contributed by atoms with Gasteiger partial charge in [-0.25, -0.2) is 0 Å². The Labute approximate surface area is 111 Å². The molecular weight excluding hydrogens is 248 g/mol. The van der Waals surface area contributed by atoms with E-state index in [2.05, 4.69) is 10.3 Å². The van der Waals surface area contributed by atoms with E-state index in [0.29, 0.717) is 17.1 Å². The highest BCUT2D eigenvalue weighted by Gasteiger charge is 2.04. The van der Waals surface area contributed by atoms with E-state index in [4.69, 9.17) is 11.6 Å². The highest BCUT2D eigenvalue weighted by Crippen LogP contribution is 2.11. The molecule has 1 aromatic carbocycles. The Balaban J connectivity index is 1.98. The number of nitrogens with one attached hydrogen (secondary N) is 1. The highest BCUT2D eigenvalue weighted by molar-refractivity contribution is 6.30. The number of anilines is 1. The van der Waals surface area contributed by atoms with Crippen LogP contribution in [0.15, 0.2) is 42.7 Å². The fraction of sp³-hybridized carbons (Fsp3) is 0.143. The maximum absolute atomic E-state index is 11.8. The maximum Gasteiger partial charge on any atom is 0.228 e. The Kier molecular flexibility index (Phi) is 3.95. The monoisotopic (exact) mass is 260 g/mol. The third kappa shape index (κ3) is 3.57. The van der Waals surface area contributed by atoms with Crippen LogP contribution in [-0.2, 0) is 11.2 Å². The van der Waals surface area contributed by atoms with Crippen LogP contribution in [-0.4, -0.2) is 10.9 Å². The predicted molar refractivity (Wildman–Crippen MR) is 72.8 cm³/mol. The lowest BCUT2D eigenvalue weighted by Gasteiger charge is -2.05. The lowest BCUT2D eigenvalue weighted by molar-refractivity contribution is -0.115. The van der Waals surface area contributed by atoms with Crippen molar-refractivity contribution in [3.63, 3.8) is 0 Å². The summed E-state index contributed by atoms with van der Waals surface area (Å²) >= 11 is 5.79. The minimum absolute atomic E-state index is 0.0651. The lowest BCUT2D eigenvalue weighted by atomic mass is 10.1. The summed E-state index contributed by atoms with van der Waals surface area (Å²) in [6.45, 7) is 1.93. The average Bonchev–Trinajstić information content (AvgIpc) is 2.32. The van der Waals surface area contributed by atoms with E-state index < -0.39 is 0 Å². The Hall–Kier alpha value is -1.87. The molecule has 1 amide bonds. The van der Waals surface area contributed by atoms with Crippen molar-refractivity contribution in [2.75, 3.05) is 5.32 Å². The maximum atomic E-state index is 11.8. The lowest BCUT2D eigenvalue weighted by Crippen LogP contribution is -2.14. The SMILES string of the molecule is Cc1cncc(NC(=O)Cc2ccc(Cl)cc2)c1. The number of carbonyl (C=O) groups is 1. The van der Waals surface area contributed by atoms with E-state index in [1.54, 1.807) is 24.5 Å². The smallest absolute Gasteiger partial charge is 0.228 e. The van der Waals surface area contributed by atoms with Gasteiger partial charge in [-0.2, -0.15) is 0 Å². The molecule has 3 nitrogen and oxygen atoms in total. The minimum Gasteiger partial charge on any atom is -0.324 e. The van der Waals surface area contributed by atoms with Gasteiger partial charge >= 0.3 is 0 Å². The van der Waals surface area contributed by atoms with Crippen LogP contribution in [0.5, 0.6) is 0 Å². The number of benzene rings is 1. The fourth-order valence-corrected chi connectivity index (χ4v) is 1.74. The van der Waals surface area contributed by atoms with Crippen molar-refractivity contribution in [2.24, 2.45) is 0 Å². The first kappa shape index (κ1) is 12.6. The first-order chi connectivity index (χ1) is 8.63. The summed E-state index contributed by atoms with van der Waals surface area (Å²) in [5.74, 6) is -0.0651. The molecule has 4 heteroatoms. The summed E-state index contributed by atoms with van der Waals surface area (Å²) in [6.07, 6.45) is 3.70. The molecule has 1 heterocycles. The molecule has 0 aliphatic rings. The van der Waals surface area contributed by atoms with E-state index >= 15 is 0 Å². The molecule has 0 fully saturated rings. The molecular formula is C14H13ClN2O. The quantitative estimate of drug-likeness (QED) is 0.921. The van der Waals surface area contributed by atoms with Crippen molar-refractivity contribution in [3.8, 4) is 0 Å². The van der Waals surface area contributed by atoms with Gasteiger partial charge in [0.2, 0.25) is 5.91 Å². The topological polar surface area (TPSA) is 42.0 Å². The highest BCUT2D eigenvalue weighted by atomic mass is 35.5. The Morgan fingerprint density at radius 1 is 1.28 bits per heavy atom. The second-order valence-electron chi connectivity index (χ2n) is 4.10. The van der Waals surface area contributed by atoms with Crippen LogP contribution in [0.2, 0.25) is 5.02 Å². The first-order valence-corrected chi connectivity index (χ1v) is 5.97. The van der Waals surface area contributed by atoms with Gasteiger partial charge in [0.1, 0.15) is 0 Å². The Morgan fingerprint density at radius 3 is 2.67 bits per heavy atom. The second kappa shape index (κ2) is 5.65. The van der Waals surface area contributed by atoms with Crippen LogP contribution < -0.4 is 5.32 Å². The normalized spacial score (nSPS) is 10.1. The molecule has 0 aliphatic carbocycles. The van der Waals surface area contributed by atoms with E-state index in [0.717, 1.165) is 11.1 Å². The molecule has 0 spiro atoms. The zero-order valence-electron chi connectivity index (χ0n) is 9.98. The van der Waals surface area contributed by atoms with Crippen LogP contribution in [0.1, 0.15) is 11.1 Å². The van der Waals surface area contributed by atoms with Crippen LogP contribution >= 0.6 is 11.6 Å². The summed E-state index contributed by atoms with van der Waals surface area (Å²) in [4.78, 5) is 15.8. The summed E-state index contributed by atoms with van der Waals surface area (Å²) < 4.78 is 0. The largest absolute Gasteiger partial charge is 0.324 e. The van der Waals surface area contributed by atoms with Gasteiger partial charge < -0.3 is 5.32 Å². The standard InChI is InChI=1S/C14H13ClN2O/c1-10-6-13(9-16-8-10)17-14(18)7-11-2-4-12(15)5-3-11/h2-6,8-9H,7H2,1H3,(H,17,18). The van der Waals surface area contributed by atoms with Gasteiger partial charge in [-0.3, -0.25) is 9.78 Å². The van der Waals surface area contributed by atoms with Crippen LogP contribution in [0.4, 0.5) is 5.69 Å². The van der Waals surface area contributed by atoms with E-state index in [1.165, 1.54) is 0 Å². The summed E-state index contributed by atoms with van der Waals surface area (Å²) in [5.41, 5.74) is 2.66. The number of nitrogens with zero attached hydrogens (tertiary/aromatic N) is 1. The zero-order chi connectivity index (χ0) is 13.0. The number of halogens is 1. The van der Waals surface area contributed by atoms with Crippen LogP contribution in [0.25, 0.3) is 0 Å². The van der Waals surface area contributed by atoms with Crippen molar-refractivity contribution < 1.29 is 4.79 Å². The number of amides is 1. The molecule has 0 aliphatic heterocycles. The molecule has 0 saturated carbocycles. The van der Waals surface area contributed by atoms with Crippen molar-refractivity contribution in [3.05, 3.63) is 58.9 Å². The van der Waals surface area contributed by atoms with Crippen molar-refractivity contribution >= 4 is 23.2 Å². The second-order valence-corrected chi connectivity index (χ2v) is 4.54. The van der Waals surface area contributed by atoms with E-state index in [-0.39, 0.29) is 5.91 Å². The third-order valence-electron chi connectivity index (χ3n) is 2.44. The Bertz CT molecular complexity index is 552. The number of pyridine rings is 1. The number of aromatic nitrogens is 1. The number of carbonyl (C=O) groups excluding carboxylic acids is 1. The van der Waals surface area contributed by atoms with Crippen LogP contribution in [0.3, 0.4) is 0 Å². The third-order valence-corrected chi connectivity index (χ3v) is 2.69. The Morgan fingerprint density at radius 2 is 2.00 bits per heavy atom.